The van der Waals surface area contributed by atoms with Crippen LogP contribution in [0, 0.1) is 5.92 Å². The van der Waals surface area contributed by atoms with Crippen LogP contribution >= 0.6 is 0 Å². The number of hydrogen-bond donors (Lipinski definition) is 3. The molecule has 2 aromatic heterocycles. The van der Waals surface area contributed by atoms with E-state index in [2.05, 4.69) is 50.2 Å². The third-order valence-corrected chi connectivity index (χ3v) is 5.37. The number of H-pyrrole nitrogens is 1. The van der Waals surface area contributed by atoms with Gasteiger partial charge in [0.05, 0.1) is 23.9 Å². The van der Waals surface area contributed by atoms with Crippen molar-refractivity contribution in [3.05, 3.63) is 77.7 Å². The van der Waals surface area contributed by atoms with E-state index >= 15 is 0 Å². The Morgan fingerprint density at radius 2 is 2.00 bits per heavy atom. The van der Waals surface area contributed by atoms with Crippen molar-refractivity contribution in [2.45, 2.75) is 25.9 Å². The lowest BCUT2D eigenvalue weighted by molar-refractivity contribution is 0.102. The number of rotatable bonds is 8. The number of aromatic nitrogens is 4. The fourth-order valence-electron chi connectivity index (χ4n) is 3.61. The minimum atomic E-state index is -0.254. The Morgan fingerprint density at radius 3 is 2.90 bits per heavy atom. The molecular weight excluding hydrogens is 376 g/mol. The number of fused-ring (bicyclic) bond motifs is 1. The average molecular weight is 400 g/mol. The summed E-state index contributed by atoms with van der Waals surface area (Å²) >= 11 is 0. The quantitative estimate of drug-likeness (QED) is 0.422. The van der Waals surface area contributed by atoms with Gasteiger partial charge in [-0.05, 0) is 42.5 Å². The summed E-state index contributed by atoms with van der Waals surface area (Å²) in [5, 5.41) is 18.6. The maximum absolute atomic E-state index is 12.6. The molecule has 0 aliphatic heterocycles. The molecule has 2 heterocycles. The van der Waals surface area contributed by atoms with Crippen LogP contribution in [0.4, 0.5) is 5.69 Å². The number of nitrogens with one attached hydrogen (secondary N) is 3. The van der Waals surface area contributed by atoms with Gasteiger partial charge >= 0.3 is 0 Å². The summed E-state index contributed by atoms with van der Waals surface area (Å²) in [6.07, 6.45) is 6.22. The standard InChI is InChI=1S/C23H24N6O/c30-23(22-20-6-1-2-7-21(20)27-28-22)26-19-13-25-29(15-19)14-18-5-3-4-17(10-18)12-24-11-16-8-9-16/h1-7,10,13,15-16,24H,8-9,11-12,14H2,(H,26,30)(H,27,28). The molecule has 0 bridgehead atoms. The molecule has 1 amide bonds. The van der Waals surface area contributed by atoms with Crippen molar-refractivity contribution < 1.29 is 4.79 Å². The van der Waals surface area contributed by atoms with Crippen LogP contribution in [0.15, 0.2) is 60.9 Å². The number of para-hydroxylation sites is 1. The first-order valence-corrected chi connectivity index (χ1v) is 10.3. The average Bonchev–Trinajstić information content (AvgIpc) is 3.30. The highest BCUT2D eigenvalue weighted by molar-refractivity contribution is 6.10. The minimum absolute atomic E-state index is 0.254. The normalized spacial score (nSPS) is 13.6. The first-order valence-electron chi connectivity index (χ1n) is 10.3. The molecule has 0 radical (unpaired) electrons. The summed E-state index contributed by atoms with van der Waals surface area (Å²) < 4.78 is 1.83. The zero-order valence-electron chi connectivity index (χ0n) is 16.6. The van der Waals surface area contributed by atoms with Gasteiger partial charge in [-0.1, -0.05) is 42.5 Å². The van der Waals surface area contributed by atoms with E-state index < -0.39 is 0 Å². The Balaban J connectivity index is 1.21. The Bertz CT molecular complexity index is 1170. The van der Waals surface area contributed by atoms with Crippen LogP contribution in [-0.2, 0) is 13.1 Å². The minimum Gasteiger partial charge on any atom is -0.318 e. The molecule has 3 N–H and O–H groups in total. The van der Waals surface area contributed by atoms with Crippen LogP contribution in [0.25, 0.3) is 10.9 Å². The van der Waals surface area contributed by atoms with Gasteiger partial charge in [0.1, 0.15) is 0 Å². The fraction of sp³-hybridized carbons (Fsp3) is 0.261. The Hall–Kier alpha value is -3.45. The summed E-state index contributed by atoms with van der Waals surface area (Å²) in [4.78, 5) is 12.6. The number of hydrogen-bond acceptors (Lipinski definition) is 4. The van der Waals surface area contributed by atoms with Crippen LogP contribution in [0.3, 0.4) is 0 Å². The lowest BCUT2D eigenvalue weighted by atomic mass is 10.1. The van der Waals surface area contributed by atoms with E-state index in [0.29, 0.717) is 17.9 Å². The zero-order chi connectivity index (χ0) is 20.3. The van der Waals surface area contributed by atoms with Crippen LogP contribution in [-0.4, -0.2) is 32.4 Å². The van der Waals surface area contributed by atoms with E-state index in [1.165, 1.54) is 24.0 Å². The molecule has 1 aliphatic rings. The molecule has 1 saturated carbocycles. The monoisotopic (exact) mass is 400 g/mol. The van der Waals surface area contributed by atoms with E-state index in [1.54, 1.807) is 6.20 Å². The van der Waals surface area contributed by atoms with E-state index in [1.807, 2.05) is 35.1 Å². The second kappa shape index (κ2) is 8.12. The largest absolute Gasteiger partial charge is 0.318 e. The van der Waals surface area contributed by atoms with Crippen molar-refractivity contribution in [1.29, 1.82) is 0 Å². The molecule has 7 nitrogen and oxygen atoms in total. The van der Waals surface area contributed by atoms with E-state index in [4.69, 9.17) is 0 Å². The highest BCUT2D eigenvalue weighted by Crippen LogP contribution is 2.27. The number of aromatic amines is 1. The van der Waals surface area contributed by atoms with E-state index in [0.717, 1.165) is 29.9 Å². The van der Waals surface area contributed by atoms with Gasteiger partial charge < -0.3 is 10.6 Å². The fourth-order valence-corrected chi connectivity index (χ4v) is 3.61. The van der Waals surface area contributed by atoms with Gasteiger partial charge in [-0.15, -0.1) is 0 Å². The molecule has 0 unspecified atom stereocenters. The molecule has 2 aromatic carbocycles. The van der Waals surface area contributed by atoms with E-state index in [-0.39, 0.29) is 5.91 Å². The van der Waals surface area contributed by atoms with Gasteiger partial charge in [-0.25, -0.2) is 0 Å². The molecule has 152 valence electrons. The van der Waals surface area contributed by atoms with Gasteiger partial charge in [-0.2, -0.15) is 10.2 Å². The Kier molecular flexibility index (Phi) is 5.03. The predicted octanol–water partition coefficient (Wildman–Crippen LogP) is 3.56. The topological polar surface area (TPSA) is 87.6 Å². The first-order chi connectivity index (χ1) is 14.7. The Morgan fingerprint density at radius 1 is 1.13 bits per heavy atom. The van der Waals surface area contributed by atoms with Crippen molar-refractivity contribution in [2.24, 2.45) is 5.92 Å². The lowest BCUT2D eigenvalue weighted by Crippen LogP contribution is -2.16. The number of carbonyl (C=O) groups excluding carboxylic acids is 1. The molecule has 4 aromatic rings. The van der Waals surface area contributed by atoms with Crippen molar-refractivity contribution in [2.75, 3.05) is 11.9 Å². The van der Waals surface area contributed by atoms with Crippen LogP contribution < -0.4 is 10.6 Å². The molecule has 1 fully saturated rings. The highest BCUT2D eigenvalue weighted by atomic mass is 16.2. The Labute approximate surface area is 174 Å². The van der Waals surface area contributed by atoms with Gasteiger partial charge in [-0.3, -0.25) is 14.6 Å². The number of carbonyl (C=O) groups is 1. The first kappa shape index (κ1) is 18.6. The van der Waals surface area contributed by atoms with Crippen molar-refractivity contribution in [1.82, 2.24) is 25.3 Å². The molecule has 0 saturated heterocycles. The number of benzene rings is 2. The summed E-state index contributed by atoms with van der Waals surface area (Å²) in [7, 11) is 0. The third-order valence-electron chi connectivity index (χ3n) is 5.37. The predicted molar refractivity (Wildman–Crippen MR) is 116 cm³/mol. The highest BCUT2D eigenvalue weighted by Gasteiger charge is 2.20. The van der Waals surface area contributed by atoms with Crippen LogP contribution in [0.5, 0.6) is 0 Å². The molecule has 30 heavy (non-hydrogen) atoms. The number of nitrogens with zero attached hydrogens (tertiary/aromatic N) is 3. The molecule has 1 aliphatic carbocycles. The summed E-state index contributed by atoms with van der Waals surface area (Å²) in [6, 6.07) is 16.1. The number of anilines is 1. The second-order valence-corrected chi connectivity index (χ2v) is 7.89. The van der Waals surface area contributed by atoms with Gasteiger partial charge in [0, 0.05) is 18.1 Å². The van der Waals surface area contributed by atoms with Gasteiger partial charge in [0.2, 0.25) is 0 Å². The second-order valence-electron chi connectivity index (χ2n) is 7.89. The van der Waals surface area contributed by atoms with Crippen LogP contribution in [0.2, 0.25) is 0 Å². The van der Waals surface area contributed by atoms with Gasteiger partial charge in [0.15, 0.2) is 5.69 Å². The summed E-state index contributed by atoms with van der Waals surface area (Å²) in [5.41, 5.74) is 4.32. The van der Waals surface area contributed by atoms with Crippen molar-refractivity contribution >= 4 is 22.5 Å². The van der Waals surface area contributed by atoms with Gasteiger partial charge in [0.25, 0.3) is 5.91 Å². The smallest absolute Gasteiger partial charge is 0.276 e. The summed E-state index contributed by atoms with van der Waals surface area (Å²) in [5.74, 6) is 0.626. The third kappa shape index (κ3) is 4.26. The molecule has 0 spiro atoms. The van der Waals surface area contributed by atoms with Crippen molar-refractivity contribution in [3.8, 4) is 0 Å². The molecule has 7 heteroatoms. The lowest BCUT2D eigenvalue weighted by Gasteiger charge is -2.07. The SMILES string of the molecule is O=C(Nc1cnn(Cc2cccc(CNCC3CC3)c2)c1)c1n[nH]c2ccccc12. The maximum Gasteiger partial charge on any atom is 0.276 e. The van der Waals surface area contributed by atoms with E-state index in [9.17, 15) is 4.79 Å². The van der Waals surface area contributed by atoms with Crippen LogP contribution in [0.1, 0.15) is 34.5 Å². The summed E-state index contributed by atoms with van der Waals surface area (Å²) in [6.45, 7) is 2.65. The molecule has 0 atom stereocenters. The maximum atomic E-state index is 12.6. The molecular formula is C23H24N6O. The molecule has 5 rings (SSSR count). The number of amides is 1. The van der Waals surface area contributed by atoms with Crippen molar-refractivity contribution in [3.63, 3.8) is 0 Å². The zero-order valence-corrected chi connectivity index (χ0v) is 16.6.